The molecular formula is C8H14OS. The van der Waals surface area contributed by atoms with Gasteiger partial charge >= 0.3 is 0 Å². The van der Waals surface area contributed by atoms with Gasteiger partial charge in [-0.15, -0.1) is 0 Å². The molecule has 0 aromatic rings. The molecule has 0 N–H and O–H groups in total. The van der Waals surface area contributed by atoms with Crippen molar-refractivity contribution in [2.45, 2.75) is 27.2 Å². The minimum Gasteiger partial charge on any atom is -0.433 e. The highest BCUT2D eigenvalue weighted by atomic mass is 32.1. The van der Waals surface area contributed by atoms with Gasteiger partial charge in [0, 0.05) is 19.3 Å². The second kappa shape index (κ2) is 5.42. The molecule has 0 saturated heterocycles. The summed E-state index contributed by atoms with van der Waals surface area (Å²) in [5.74, 6) is 0.893. The van der Waals surface area contributed by atoms with Crippen LogP contribution in [0.4, 0.5) is 0 Å². The Balaban J connectivity index is 3.99. The van der Waals surface area contributed by atoms with Gasteiger partial charge in [-0.3, -0.25) is 0 Å². The molecule has 58 valence electrons. The highest BCUT2D eigenvalue weighted by Gasteiger charge is 1.87. The predicted molar refractivity (Wildman–Crippen MR) is 47.9 cm³/mol. The summed E-state index contributed by atoms with van der Waals surface area (Å²) in [6.45, 7) is 6.12. The SMILES string of the molecule is CCC(=CC=C(C)C)OS. The van der Waals surface area contributed by atoms with Gasteiger partial charge in [0.2, 0.25) is 0 Å². The van der Waals surface area contributed by atoms with Gasteiger partial charge < -0.3 is 4.18 Å². The van der Waals surface area contributed by atoms with Crippen molar-refractivity contribution in [1.29, 1.82) is 0 Å². The van der Waals surface area contributed by atoms with Crippen molar-refractivity contribution in [2.75, 3.05) is 0 Å². The molecule has 0 rings (SSSR count). The molecule has 0 aliphatic carbocycles. The van der Waals surface area contributed by atoms with E-state index in [-0.39, 0.29) is 0 Å². The summed E-state index contributed by atoms with van der Waals surface area (Å²) in [7, 11) is 0. The third-order valence-corrected chi connectivity index (χ3v) is 1.30. The molecule has 0 atom stereocenters. The van der Waals surface area contributed by atoms with E-state index in [9.17, 15) is 0 Å². The number of hydrogen-bond donors (Lipinski definition) is 1. The van der Waals surface area contributed by atoms with Crippen LogP contribution in [0.3, 0.4) is 0 Å². The Kier molecular flexibility index (Phi) is 5.22. The predicted octanol–water partition coefficient (Wildman–Crippen LogP) is 3.11. The summed E-state index contributed by atoms with van der Waals surface area (Å²) in [5, 5.41) is 0. The van der Waals surface area contributed by atoms with E-state index in [4.69, 9.17) is 4.18 Å². The van der Waals surface area contributed by atoms with Crippen LogP contribution in [-0.4, -0.2) is 0 Å². The van der Waals surface area contributed by atoms with Gasteiger partial charge in [-0.05, 0) is 19.9 Å². The zero-order valence-corrected chi connectivity index (χ0v) is 7.61. The number of rotatable bonds is 3. The van der Waals surface area contributed by atoms with E-state index in [1.807, 2.05) is 32.9 Å². The summed E-state index contributed by atoms with van der Waals surface area (Å²) in [6, 6.07) is 0. The zero-order chi connectivity index (χ0) is 7.98. The van der Waals surface area contributed by atoms with Crippen LogP contribution in [0, 0.1) is 0 Å². The normalized spacial score (nSPS) is 11.0. The molecule has 0 saturated carbocycles. The van der Waals surface area contributed by atoms with Gasteiger partial charge in [-0.1, -0.05) is 18.6 Å². The van der Waals surface area contributed by atoms with E-state index in [2.05, 4.69) is 12.9 Å². The molecule has 10 heavy (non-hydrogen) atoms. The fourth-order valence-electron chi connectivity index (χ4n) is 0.472. The van der Waals surface area contributed by atoms with Crippen molar-refractivity contribution in [3.05, 3.63) is 23.5 Å². The third kappa shape index (κ3) is 4.50. The first-order valence-electron chi connectivity index (χ1n) is 3.36. The molecule has 0 unspecified atom stereocenters. The van der Waals surface area contributed by atoms with Crippen molar-refractivity contribution in [3.8, 4) is 0 Å². The Bertz CT molecular complexity index is 137. The highest BCUT2D eigenvalue weighted by molar-refractivity contribution is 7.75. The summed E-state index contributed by atoms with van der Waals surface area (Å²) in [5.41, 5.74) is 1.26. The number of thiol groups is 1. The molecule has 0 aromatic carbocycles. The van der Waals surface area contributed by atoms with E-state index in [0.717, 1.165) is 12.2 Å². The summed E-state index contributed by atoms with van der Waals surface area (Å²) in [6.07, 6.45) is 4.82. The summed E-state index contributed by atoms with van der Waals surface area (Å²) < 4.78 is 4.76. The second-order valence-electron chi connectivity index (χ2n) is 2.32. The molecule has 2 heteroatoms. The molecule has 0 aromatic heterocycles. The standard InChI is InChI=1S/C8H14OS/c1-4-8(9-10)6-5-7(2)3/h5-6,10H,4H2,1-3H3. The Morgan fingerprint density at radius 1 is 1.40 bits per heavy atom. The Labute approximate surface area is 68.4 Å². The Morgan fingerprint density at radius 2 is 2.00 bits per heavy atom. The first-order chi connectivity index (χ1) is 4.70. The average molecular weight is 158 g/mol. The maximum Gasteiger partial charge on any atom is 0.113 e. The summed E-state index contributed by atoms with van der Waals surface area (Å²) in [4.78, 5) is 0. The molecule has 0 amide bonds. The molecule has 0 aliphatic rings. The molecule has 0 bridgehead atoms. The first-order valence-corrected chi connectivity index (χ1v) is 3.72. The Morgan fingerprint density at radius 3 is 2.30 bits per heavy atom. The van der Waals surface area contributed by atoms with Gasteiger partial charge in [-0.25, -0.2) is 0 Å². The van der Waals surface area contributed by atoms with Gasteiger partial charge in [0.15, 0.2) is 0 Å². The topological polar surface area (TPSA) is 9.23 Å². The van der Waals surface area contributed by atoms with Crippen LogP contribution in [0.1, 0.15) is 27.2 Å². The van der Waals surface area contributed by atoms with Gasteiger partial charge in [0.25, 0.3) is 0 Å². The molecule has 0 radical (unpaired) electrons. The molecule has 0 aliphatic heterocycles. The van der Waals surface area contributed by atoms with Crippen LogP contribution in [0.25, 0.3) is 0 Å². The van der Waals surface area contributed by atoms with E-state index in [1.165, 1.54) is 5.57 Å². The van der Waals surface area contributed by atoms with E-state index < -0.39 is 0 Å². The monoisotopic (exact) mass is 158 g/mol. The van der Waals surface area contributed by atoms with Gasteiger partial charge in [0.1, 0.15) is 5.76 Å². The van der Waals surface area contributed by atoms with E-state index >= 15 is 0 Å². The molecule has 0 fully saturated rings. The van der Waals surface area contributed by atoms with Crippen LogP contribution >= 0.6 is 12.9 Å². The fourth-order valence-corrected chi connectivity index (χ4v) is 0.662. The van der Waals surface area contributed by atoms with Crippen molar-refractivity contribution in [3.63, 3.8) is 0 Å². The quantitative estimate of drug-likeness (QED) is 0.287. The van der Waals surface area contributed by atoms with Crippen molar-refractivity contribution >= 4 is 12.9 Å². The van der Waals surface area contributed by atoms with Gasteiger partial charge in [-0.2, -0.15) is 0 Å². The lowest BCUT2D eigenvalue weighted by molar-refractivity contribution is 0.487. The van der Waals surface area contributed by atoms with Crippen LogP contribution < -0.4 is 0 Å². The van der Waals surface area contributed by atoms with E-state index in [0.29, 0.717) is 0 Å². The molecule has 0 spiro atoms. The first kappa shape index (κ1) is 9.63. The highest BCUT2D eigenvalue weighted by Crippen LogP contribution is 2.05. The zero-order valence-electron chi connectivity index (χ0n) is 6.72. The maximum atomic E-state index is 4.76. The lowest BCUT2D eigenvalue weighted by atomic mass is 10.3. The minimum absolute atomic E-state index is 0.882. The van der Waals surface area contributed by atoms with E-state index in [1.54, 1.807) is 0 Å². The lowest BCUT2D eigenvalue weighted by Gasteiger charge is -1.97. The van der Waals surface area contributed by atoms with Crippen molar-refractivity contribution in [2.24, 2.45) is 0 Å². The average Bonchev–Trinajstić information content (AvgIpc) is 1.90. The molecule has 1 nitrogen and oxygen atoms in total. The Hall–Kier alpha value is -0.370. The molecular weight excluding hydrogens is 144 g/mol. The fraction of sp³-hybridized carbons (Fsp3) is 0.500. The largest absolute Gasteiger partial charge is 0.433 e. The lowest BCUT2D eigenvalue weighted by Crippen LogP contribution is -1.77. The van der Waals surface area contributed by atoms with Crippen LogP contribution in [0.15, 0.2) is 23.5 Å². The number of allylic oxidation sites excluding steroid dienone is 4. The van der Waals surface area contributed by atoms with Crippen LogP contribution in [-0.2, 0) is 4.18 Å². The summed E-state index contributed by atoms with van der Waals surface area (Å²) >= 11 is 3.70. The maximum absolute atomic E-state index is 4.76. The second-order valence-corrected chi connectivity index (χ2v) is 2.50. The van der Waals surface area contributed by atoms with Crippen molar-refractivity contribution < 1.29 is 4.18 Å². The number of hydrogen-bond acceptors (Lipinski definition) is 2. The van der Waals surface area contributed by atoms with Crippen LogP contribution in [0.5, 0.6) is 0 Å². The minimum atomic E-state index is 0.882. The molecule has 0 heterocycles. The third-order valence-electron chi connectivity index (χ3n) is 1.07. The smallest absolute Gasteiger partial charge is 0.113 e. The van der Waals surface area contributed by atoms with Gasteiger partial charge in [0.05, 0.1) is 0 Å². The van der Waals surface area contributed by atoms with Crippen LogP contribution in [0.2, 0.25) is 0 Å². The van der Waals surface area contributed by atoms with Crippen molar-refractivity contribution in [1.82, 2.24) is 0 Å².